The highest BCUT2D eigenvalue weighted by Gasteiger charge is 2.75. The Kier molecular flexibility index (Phi) is 8.44. The normalized spacial score (nSPS) is 15.7. The fraction of sp³-hybridized carbons (Fsp3) is 1.00. The van der Waals surface area contributed by atoms with Crippen LogP contribution < -0.4 is 0 Å². The lowest BCUT2D eigenvalue weighted by atomic mass is 9.80. The minimum atomic E-state index is -6.84. The molecule has 0 aromatic rings. The van der Waals surface area contributed by atoms with Gasteiger partial charge >= 0.3 is 24.7 Å². The minimum Gasteiger partial charge on any atom is -0.224 e. The molecule has 0 aliphatic carbocycles. The van der Waals surface area contributed by atoms with Crippen LogP contribution in [-0.2, 0) is 9.05 Å². The largest absolute Gasteiger partial charge is 0.431 e. The van der Waals surface area contributed by atoms with Crippen molar-refractivity contribution in [1.82, 2.24) is 0 Å². The molecule has 0 fully saturated rings. The van der Waals surface area contributed by atoms with Gasteiger partial charge in [0.15, 0.2) is 0 Å². The van der Waals surface area contributed by atoms with E-state index in [1.807, 2.05) is 0 Å². The third-order valence-corrected chi connectivity index (χ3v) is 5.18. The molecule has 0 aromatic heterocycles. The average Bonchev–Trinajstić information content (AvgIpc) is 2.40. The van der Waals surface area contributed by atoms with Gasteiger partial charge in [-0.2, -0.15) is 52.7 Å². The van der Waals surface area contributed by atoms with Crippen LogP contribution in [0.4, 0.5) is 61.5 Å². The Morgan fingerprint density at radius 3 is 1.07 bits per heavy atom. The van der Waals surface area contributed by atoms with Crippen molar-refractivity contribution >= 4 is 19.7 Å². The first-order chi connectivity index (χ1) is 12.8. The first kappa shape index (κ1) is 29.3. The van der Waals surface area contributed by atoms with Crippen molar-refractivity contribution in [3.8, 4) is 0 Å². The predicted molar refractivity (Wildman–Crippen MR) is 73.5 cm³/mol. The summed E-state index contributed by atoms with van der Waals surface area (Å²) in [5.74, 6) is -4.50. The van der Waals surface area contributed by atoms with Crippen molar-refractivity contribution in [2.24, 2.45) is 5.92 Å². The molecule has 0 aromatic carbocycles. The molecular weight excluding hydrogens is 510 g/mol. The second-order valence-corrected chi connectivity index (χ2v) is 9.15. The van der Waals surface area contributed by atoms with Gasteiger partial charge in [0.25, 0.3) is 11.3 Å². The standard InChI is InChI=1S/C12H11ClF14O2S/c13-30(28,29)3-1-2-6(4-7(14,9(16,17)18)10(19,20)21)5-8(15,11(22,23)24)12(25,26)27/h6H,1-5H2. The summed E-state index contributed by atoms with van der Waals surface area (Å²) in [7, 11) is 0.152. The zero-order chi connectivity index (χ0) is 24.6. The molecular formula is C12H11ClF14O2S. The van der Waals surface area contributed by atoms with E-state index in [1.165, 1.54) is 0 Å². The van der Waals surface area contributed by atoms with Gasteiger partial charge in [0.05, 0.1) is 5.75 Å². The van der Waals surface area contributed by atoms with Crippen molar-refractivity contribution in [3.63, 3.8) is 0 Å². The van der Waals surface area contributed by atoms with Crippen LogP contribution in [0.15, 0.2) is 0 Å². The Morgan fingerprint density at radius 1 is 0.600 bits per heavy atom. The van der Waals surface area contributed by atoms with Crippen LogP contribution in [0.5, 0.6) is 0 Å². The van der Waals surface area contributed by atoms with Crippen molar-refractivity contribution in [2.45, 2.75) is 61.7 Å². The molecule has 0 bridgehead atoms. The van der Waals surface area contributed by atoms with Crippen LogP contribution in [0, 0.1) is 5.92 Å². The first-order valence-corrected chi connectivity index (χ1v) is 9.83. The molecule has 0 aliphatic rings. The summed E-state index contributed by atoms with van der Waals surface area (Å²) in [5.41, 5.74) is -12.6. The van der Waals surface area contributed by atoms with E-state index in [0.717, 1.165) is 0 Å². The summed E-state index contributed by atoms with van der Waals surface area (Å²) in [6, 6.07) is 0. The van der Waals surface area contributed by atoms with E-state index in [1.54, 1.807) is 0 Å². The number of rotatable bonds is 8. The SMILES string of the molecule is O=S(=O)(Cl)CCCC(CC(F)(C(F)(F)F)C(F)(F)F)CC(F)(C(F)(F)F)C(F)(F)F. The zero-order valence-electron chi connectivity index (χ0n) is 14.0. The summed E-state index contributed by atoms with van der Waals surface area (Å²) < 4.78 is 201. The summed E-state index contributed by atoms with van der Waals surface area (Å²) in [6.07, 6.45) is -36.2. The highest BCUT2D eigenvalue weighted by molar-refractivity contribution is 8.13. The molecule has 2 nitrogen and oxygen atoms in total. The highest BCUT2D eigenvalue weighted by atomic mass is 35.7. The maximum Gasteiger partial charge on any atom is 0.431 e. The average molecular weight is 521 g/mol. The Morgan fingerprint density at radius 2 is 0.867 bits per heavy atom. The topological polar surface area (TPSA) is 34.1 Å². The van der Waals surface area contributed by atoms with Crippen LogP contribution in [0.2, 0.25) is 0 Å². The Labute approximate surface area is 164 Å². The number of alkyl halides is 14. The third-order valence-electron chi connectivity index (χ3n) is 3.94. The van der Waals surface area contributed by atoms with E-state index >= 15 is 0 Å². The maximum atomic E-state index is 13.8. The molecule has 0 spiro atoms. The van der Waals surface area contributed by atoms with Gasteiger partial charge in [-0.15, -0.1) is 0 Å². The fourth-order valence-corrected chi connectivity index (χ4v) is 3.24. The maximum absolute atomic E-state index is 13.8. The van der Waals surface area contributed by atoms with E-state index in [2.05, 4.69) is 10.7 Å². The van der Waals surface area contributed by atoms with Crippen LogP contribution in [0.3, 0.4) is 0 Å². The van der Waals surface area contributed by atoms with Gasteiger partial charge < -0.3 is 0 Å². The van der Waals surface area contributed by atoms with Crippen molar-refractivity contribution in [1.29, 1.82) is 0 Å². The Balaban J connectivity index is 6.22. The third kappa shape index (κ3) is 6.88. The van der Waals surface area contributed by atoms with Crippen LogP contribution in [0.25, 0.3) is 0 Å². The fourth-order valence-electron chi connectivity index (χ4n) is 2.40. The molecule has 0 heterocycles. The molecule has 0 aliphatic heterocycles. The van der Waals surface area contributed by atoms with Gasteiger partial charge in [-0.1, -0.05) is 0 Å². The number of hydrogen-bond donors (Lipinski definition) is 0. The summed E-state index contributed by atoms with van der Waals surface area (Å²) in [6.45, 7) is 0. The second kappa shape index (κ2) is 8.65. The van der Waals surface area contributed by atoms with Gasteiger partial charge in [-0.3, -0.25) is 0 Å². The minimum absolute atomic E-state index is 1.17. The van der Waals surface area contributed by atoms with Gasteiger partial charge in [0, 0.05) is 23.5 Å². The molecule has 0 N–H and O–H groups in total. The van der Waals surface area contributed by atoms with Gasteiger partial charge in [0.1, 0.15) is 0 Å². The lowest BCUT2D eigenvalue weighted by molar-refractivity contribution is -0.356. The molecule has 18 heteroatoms. The van der Waals surface area contributed by atoms with E-state index in [-0.39, 0.29) is 0 Å². The molecule has 182 valence electrons. The molecule has 0 atom stereocenters. The van der Waals surface area contributed by atoms with E-state index in [9.17, 15) is 69.9 Å². The van der Waals surface area contributed by atoms with E-state index < -0.39 is 82.4 Å². The lowest BCUT2D eigenvalue weighted by Crippen LogP contribution is -2.57. The lowest BCUT2D eigenvalue weighted by Gasteiger charge is -2.37. The summed E-state index contributed by atoms with van der Waals surface area (Å²) in [4.78, 5) is 0. The molecule has 0 radical (unpaired) electrons. The monoisotopic (exact) mass is 520 g/mol. The van der Waals surface area contributed by atoms with Crippen molar-refractivity contribution < 1.29 is 69.9 Å². The molecule has 0 amide bonds. The number of halogens is 15. The molecule has 0 saturated heterocycles. The number of hydrogen-bond acceptors (Lipinski definition) is 2. The van der Waals surface area contributed by atoms with E-state index in [4.69, 9.17) is 0 Å². The Hall–Kier alpha value is -0.740. The first-order valence-electron chi connectivity index (χ1n) is 7.35. The smallest absolute Gasteiger partial charge is 0.224 e. The van der Waals surface area contributed by atoms with Gasteiger partial charge in [-0.05, 0) is 18.8 Å². The van der Waals surface area contributed by atoms with Gasteiger partial charge in [-0.25, -0.2) is 17.2 Å². The van der Waals surface area contributed by atoms with Gasteiger partial charge in [0.2, 0.25) is 9.05 Å². The van der Waals surface area contributed by atoms with Crippen molar-refractivity contribution in [3.05, 3.63) is 0 Å². The Bertz CT molecular complexity index is 607. The summed E-state index contributed by atoms with van der Waals surface area (Å²) >= 11 is 0. The second-order valence-electron chi connectivity index (χ2n) is 6.25. The summed E-state index contributed by atoms with van der Waals surface area (Å²) in [5, 5.41) is 0. The van der Waals surface area contributed by atoms with Crippen molar-refractivity contribution in [2.75, 3.05) is 5.75 Å². The zero-order valence-corrected chi connectivity index (χ0v) is 15.6. The highest BCUT2D eigenvalue weighted by Crippen LogP contribution is 2.54. The molecule has 0 unspecified atom stereocenters. The molecule has 30 heavy (non-hydrogen) atoms. The molecule has 0 saturated carbocycles. The van der Waals surface area contributed by atoms with Crippen LogP contribution in [-0.4, -0.2) is 50.2 Å². The van der Waals surface area contributed by atoms with E-state index in [0.29, 0.717) is 0 Å². The molecule has 0 rings (SSSR count). The van der Waals surface area contributed by atoms with Crippen LogP contribution in [0.1, 0.15) is 25.7 Å². The van der Waals surface area contributed by atoms with Crippen LogP contribution >= 0.6 is 10.7 Å². The predicted octanol–water partition coefficient (Wildman–Crippen LogP) is 6.40. The quantitative estimate of drug-likeness (QED) is 0.274.